The molecule has 0 fully saturated rings. The molecule has 3 heterocycles. The van der Waals surface area contributed by atoms with Crippen molar-refractivity contribution >= 4 is 16.9 Å². The number of carbonyl (C=O) groups excluding carboxylic acids is 1. The van der Waals surface area contributed by atoms with E-state index in [1.807, 2.05) is 60.7 Å². The molecule has 40 heavy (non-hydrogen) atoms. The molecule has 0 saturated heterocycles. The molecule has 198 valence electrons. The Bertz CT molecular complexity index is 1800. The van der Waals surface area contributed by atoms with Crippen molar-refractivity contribution in [2.24, 2.45) is 0 Å². The van der Waals surface area contributed by atoms with Crippen molar-refractivity contribution in [1.82, 2.24) is 0 Å². The second-order valence-corrected chi connectivity index (χ2v) is 10.1. The summed E-state index contributed by atoms with van der Waals surface area (Å²) in [5.74, 6) is 1.33. The molecule has 1 atom stereocenters. The molecule has 7 rings (SSSR count). The second kappa shape index (κ2) is 10.0. The molecule has 2 aliphatic heterocycles. The minimum Gasteiger partial charge on any atom is -0.493 e. The van der Waals surface area contributed by atoms with Gasteiger partial charge in [0.25, 0.3) is 0 Å². The Morgan fingerprint density at radius 1 is 0.875 bits per heavy atom. The fourth-order valence-corrected chi connectivity index (χ4v) is 5.71. The summed E-state index contributed by atoms with van der Waals surface area (Å²) in [5.41, 5.74) is 5.53. The molecule has 6 nitrogen and oxygen atoms in total. The van der Waals surface area contributed by atoms with Crippen LogP contribution in [0, 0.1) is 0 Å². The van der Waals surface area contributed by atoms with E-state index in [-0.39, 0.29) is 23.7 Å². The summed E-state index contributed by atoms with van der Waals surface area (Å²) in [5, 5.41) is 0.446. The van der Waals surface area contributed by atoms with E-state index < -0.39 is 0 Å². The van der Waals surface area contributed by atoms with Crippen LogP contribution in [0.1, 0.15) is 34.6 Å². The first kappa shape index (κ1) is 24.2. The van der Waals surface area contributed by atoms with Crippen LogP contribution in [0.15, 0.2) is 100 Å². The second-order valence-electron chi connectivity index (χ2n) is 10.1. The van der Waals surface area contributed by atoms with Gasteiger partial charge in [-0.1, -0.05) is 60.7 Å². The highest BCUT2D eigenvalue weighted by molar-refractivity contribution is 5.90. The van der Waals surface area contributed by atoms with Gasteiger partial charge in [0.1, 0.15) is 29.1 Å². The molecule has 0 aliphatic carbocycles. The summed E-state index contributed by atoms with van der Waals surface area (Å²) in [4.78, 5) is 26.2. The molecule has 0 saturated carbocycles. The molecule has 4 aromatic carbocycles. The third-order valence-corrected chi connectivity index (χ3v) is 7.66. The van der Waals surface area contributed by atoms with E-state index >= 15 is 0 Å². The number of fused-ring (bicyclic) bond motifs is 4. The Hall–Kier alpha value is -4.84. The maximum absolute atomic E-state index is 13.5. The van der Waals surface area contributed by atoms with Crippen LogP contribution in [-0.2, 0) is 17.6 Å². The number of para-hydroxylation sites is 1. The number of rotatable bonds is 6. The minimum atomic E-state index is -0.390. The largest absolute Gasteiger partial charge is 0.493 e. The van der Waals surface area contributed by atoms with Gasteiger partial charge in [0, 0.05) is 29.9 Å². The fraction of sp³-hybridized carbons (Fsp3) is 0.176. The molecule has 0 radical (unpaired) electrons. The van der Waals surface area contributed by atoms with Gasteiger partial charge in [-0.3, -0.25) is 9.59 Å². The molecule has 0 N–H and O–H groups in total. The number of hydrogen-bond donors (Lipinski definition) is 0. The predicted molar refractivity (Wildman–Crippen MR) is 151 cm³/mol. The van der Waals surface area contributed by atoms with Crippen molar-refractivity contribution in [2.45, 2.75) is 25.2 Å². The molecular weight excluding hydrogens is 504 g/mol. The van der Waals surface area contributed by atoms with Crippen molar-refractivity contribution in [2.75, 3.05) is 13.2 Å². The third-order valence-electron chi connectivity index (χ3n) is 7.66. The summed E-state index contributed by atoms with van der Waals surface area (Å²) < 4.78 is 23.7. The molecular formula is C34H26O6. The smallest absolute Gasteiger partial charge is 0.312 e. The summed E-state index contributed by atoms with van der Waals surface area (Å²) >= 11 is 0. The van der Waals surface area contributed by atoms with Gasteiger partial charge < -0.3 is 18.6 Å². The van der Waals surface area contributed by atoms with E-state index in [0.717, 1.165) is 36.3 Å². The molecule has 0 bridgehead atoms. The van der Waals surface area contributed by atoms with E-state index in [2.05, 4.69) is 12.1 Å². The number of ether oxygens (including phenoxy) is 3. The van der Waals surface area contributed by atoms with E-state index in [1.165, 1.54) is 17.4 Å². The number of benzene rings is 4. The van der Waals surface area contributed by atoms with Gasteiger partial charge >= 0.3 is 5.97 Å². The average molecular weight is 531 g/mol. The zero-order valence-electron chi connectivity index (χ0n) is 21.7. The highest BCUT2D eigenvalue weighted by atomic mass is 16.5. The van der Waals surface area contributed by atoms with Gasteiger partial charge in [-0.05, 0) is 41.0 Å². The average Bonchev–Trinajstić information content (AvgIpc) is 3.45. The van der Waals surface area contributed by atoms with Gasteiger partial charge in [-0.15, -0.1) is 0 Å². The first-order valence-corrected chi connectivity index (χ1v) is 13.5. The van der Waals surface area contributed by atoms with Gasteiger partial charge in [-0.25, -0.2) is 0 Å². The fourth-order valence-electron chi connectivity index (χ4n) is 5.71. The minimum absolute atomic E-state index is 0.113. The Morgan fingerprint density at radius 3 is 2.60 bits per heavy atom. The Balaban J connectivity index is 1.24. The highest BCUT2D eigenvalue weighted by Gasteiger charge is 2.33. The molecule has 1 aromatic heterocycles. The molecule has 0 amide bonds. The lowest BCUT2D eigenvalue weighted by Gasteiger charge is -2.27. The molecule has 0 spiro atoms. The Kier molecular flexibility index (Phi) is 6.08. The van der Waals surface area contributed by atoms with E-state index in [9.17, 15) is 9.59 Å². The topological polar surface area (TPSA) is 75.0 Å². The van der Waals surface area contributed by atoms with Crippen LogP contribution in [0.4, 0.5) is 0 Å². The lowest BCUT2D eigenvalue weighted by atomic mass is 9.84. The summed E-state index contributed by atoms with van der Waals surface area (Å²) in [6, 6.07) is 26.8. The van der Waals surface area contributed by atoms with Crippen LogP contribution in [-0.4, -0.2) is 19.2 Å². The summed E-state index contributed by atoms with van der Waals surface area (Å²) in [6.45, 7) is 1.21. The van der Waals surface area contributed by atoms with Crippen LogP contribution in [0.3, 0.4) is 0 Å². The van der Waals surface area contributed by atoms with Gasteiger partial charge in [0.2, 0.25) is 5.43 Å². The summed E-state index contributed by atoms with van der Waals surface area (Å²) in [6.07, 6.45) is 3.28. The maximum Gasteiger partial charge on any atom is 0.312 e. The lowest BCUT2D eigenvalue weighted by molar-refractivity contribution is -0.135. The molecule has 6 heteroatoms. The molecule has 2 aliphatic rings. The first-order chi connectivity index (χ1) is 19.7. The van der Waals surface area contributed by atoms with Crippen LogP contribution in [0.5, 0.6) is 17.2 Å². The van der Waals surface area contributed by atoms with E-state index in [0.29, 0.717) is 40.2 Å². The van der Waals surface area contributed by atoms with E-state index in [4.69, 9.17) is 18.6 Å². The number of carbonyl (C=O) groups is 1. The number of esters is 1. The third kappa shape index (κ3) is 4.31. The van der Waals surface area contributed by atoms with Crippen molar-refractivity contribution < 1.29 is 23.4 Å². The monoisotopic (exact) mass is 530 g/mol. The van der Waals surface area contributed by atoms with Gasteiger partial charge in [0.05, 0.1) is 30.6 Å². The van der Waals surface area contributed by atoms with Crippen molar-refractivity contribution in [1.29, 1.82) is 0 Å². The molecule has 5 aromatic rings. The Labute approximate surface area is 230 Å². The Morgan fingerprint density at radius 2 is 1.70 bits per heavy atom. The van der Waals surface area contributed by atoms with Crippen molar-refractivity contribution in [3.05, 3.63) is 124 Å². The summed E-state index contributed by atoms with van der Waals surface area (Å²) in [7, 11) is 0. The van der Waals surface area contributed by atoms with Gasteiger partial charge in [0.15, 0.2) is 0 Å². The zero-order valence-corrected chi connectivity index (χ0v) is 21.7. The maximum atomic E-state index is 13.5. The first-order valence-electron chi connectivity index (χ1n) is 13.5. The quantitative estimate of drug-likeness (QED) is 0.185. The van der Waals surface area contributed by atoms with Crippen LogP contribution < -0.4 is 19.6 Å². The van der Waals surface area contributed by atoms with Crippen molar-refractivity contribution in [3.63, 3.8) is 0 Å². The zero-order chi connectivity index (χ0) is 27.1. The van der Waals surface area contributed by atoms with Gasteiger partial charge in [-0.2, -0.15) is 0 Å². The standard InChI is InChI=1S/C34H26O6/c35-31-19-26(24-8-4-5-9-29(24)38-16-14-21-10-12-28-23(18-21)15-17-37-28)32-30(40-31)13-11-25-33(36)27(20-39-34(25)32)22-6-2-1-3-7-22/h1-13,18,20,26H,14-17,19H2/t26-/m0/s1. The predicted octanol–water partition coefficient (Wildman–Crippen LogP) is 6.46. The molecule has 0 unspecified atom stereocenters. The van der Waals surface area contributed by atoms with Crippen LogP contribution in [0.2, 0.25) is 0 Å². The highest BCUT2D eigenvalue weighted by Crippen LogP contribution is 2.45. The van der Waals surface area contributed by atoms with Crippen LogP contribution >= 0.6 is 0 Å². The lowest BCUT2D eigenvalue weighted by Crippen LogP contribution is -2.22. The normalized spacial score (nSPS) is 15.7. The number of hydrogen-bond acceptors (Lipinski definition) is 6. The SMILES string of the molecule is O=C1C[C@@H](c2ccccc2OCCc2ccc3c(c2)CCO3)c2c(ccc3c(=O)c(-c4ccccc4)coc23)O1. The van der Waals surface area contributed by atoms with Crippen LogP contribution in [0.25, 0.3) is 22.1 Å². The van der Waals surface area contributed by atoms with Crippen molar-refractivity contribution in [3.8, 4) is 28.4 Å². The van der Waals surface area contributed by atoms with E-state index in [1.54, 1.807) is 12.1 Å².